The molecule has 160 valence electrons. The third-order valence-corrected chi connectivity index (χ3v) is 11.1. The molecule has 5 rings (SSSR count). The molecule has 1 heterocycles. The first-order valence-corrected chi connectivity index (χ1v) is 11.9. The lowest BCUT2D eigenvalue weighted by atomic mass is 9.41. The molecular weight excluding hydrogens is 360 g/mol. The first-order valence-electron chi connectivity index (χ1n) is 11.9. The molecule has 0 spiro atoms. The molecule has 0 aromatic rings. The average molecular weight is 399 g/mol. The van der Waals surface area contributed by atoms with Crippen molar-refractivity contribution in [1.82, 2.24) is 0 Å². The maximum absolute atomic E-state index is 12.7. The van der Waals surface area contributed by atoms with E-state index in [1.54, 1.807) is 5.57 Å². The Balaban J connectivity index is 1.52. The van der Waals surface area contributed by atoms with Gasteiger partial charge in [-0.25, -0.2) is 0 Å². The molecule has 29 heavy (non-hydrogen) atoms. The molecule has 4 fully saturated rings. The number of hydrogen-bond donors (Lipinski definition) is 0. The highest BCUT2D eigenvalue weighted by molar-refractivity contribution is 5.85. The third-order valence-electron chi connectivity index (χ3n) is 11.1. The molecule has 3 saturated carbocycles. The first-order chi connectivity index (χ1) is 13.5. The molecular formula is C26H38O3. The van der Waals surface area contributed by atoms with Crippen LogP contribution in [-0.2, 0) is 14.3 Å². The monoisotopic (exact) mass is 398 g/mol. The molecule has 1 saturated heterocycles. The maximum Gasteiger partial charge on any atom is 0.306 e. The summed E-state index contributed by atoms with van der Waals surface area (Å²) in [7, 11) is 0. The van der Waals surface area contributed by atoms with Crippen LogP contribution in [0.3, 0.4) is 0 Å². The number of carbonyl (C=O) groups is 2. The molecule has 0 bridgehead atoms. The topological polar surface area (TPSA) is 43.4 Å². The lowest BCUT2D eigenvalue weighted by molar-refractivity contribution is -0.146. The molecule has 1 aliphatic heterocycles. The largest absolute Gasteiger partial charge is 0.465 e. The highest BCUT2D eigenvalue weighted by Gasteiger charge is 2.65. The number of cyclic esters (lactones) is 1. The van der Waals surface area contributed by atoms with Gasteiger partial charge < -0.3 is 4.74 Å². The minimum atomic E-state index is -0.198. The van der Waals surface area contributed by atoms with Gasteiger partial charge in [-0.2, -0.15) is 0 Å². The Bertz CT molecular complexity index is 794. The predicted molar refractivity (Wildman–Crippen MR) is 113 cm³/mol. The zero-order valence-corrected chi connectivity index (χ0v) is 19.0. The summed E-state index contributed by atoms with van der Waals surface area (Å²) in [5.41, 5.74) is 2.25. The number of ether oxygens (including phenoxy) is 1. The van der Waals surface area contributed by atoms with Crippen LogP contribution in [0.1, 0.15) is 86.0 Å². The zero-order chi connectivity index (χ0) is 20.8. The van der Waals surface area contributed by atoms with Gasteiger partial charge >= 0.3 is 5.97 Å². The summed E-state index contributed by atoms with van der Waals surface area (Å²) in [4.78, 5) is 24.5. The van der Waals surface area contributed by atoms with Crippen LogP contribution >= 0.6 is 0 Å². The second kappa shape index (κ2) is 5.98. The number of Topliss-reactive ketones (excluding diaryl/α,β-unsaturated/α-hetero) is 1. The molecule has 4 unspecified atom stereocenters. The van der Waals surface area contributed by atoms with E-state index in [2.05, 4.69) is 40.7 Å². The van der Waals surface area contributed by atoms with Gasteiger partial charge in [0.25, 0.3) is 0 Å². The Labute approximate surface area is 176 Å². The fourth-order valence-corrected chi connectivity index (χ4v) is 9.10. The summed E-state index contributed by atoms with van der Waals surface area (Å²) in [6, 6.07) is 0. The van der Waals surface area contributed by atoms with E-state index in [0.717, 1.165) is 19.3 Å². The van der Waals surface area contributed by atoms with Crippen LogP contribution in [0.25, 0.3) is 0 Å². The Morgan fingerprint density at radius 3 is 2.45 bits per heavy atom. The minimum absolute atomic E-state index is 0.00206. The van der Waals surface area contributed by atoms with Gasteiger partial charge in [0.15, 0.2) is 0 Å². The Morgan fingerprint density at radius 2 is 1.76 bits per heavy atom. The molecule has 0 aromatic carbocycles. The predicted octanol–water partition coefficient (Wildman–Crippen LogP) is 5.72. The molecule has 4 aliphatic carbocycles. The number of ketones is 1. The van der Waals surface area contributed by atoms with E-state index in [-0.39, 0.29) is 27.6 Å². The van der Waals surface area contributed by atoms with Crippen LogP contribution in [0.2, 0.25) is 0 Å². The number of allylic oxidation sites excluding steroid dienone is 2. The highest BCUT2D eigenvalue weighted by Crippen LogP contribution is 2.73. The normalized spacial score (nSPS) is 51.0. The van der Waals surface area contributed by atoms with Crippen molar-refractivity contribution >= 4 is 11.8 Å². The second-order valence-corrected chi connectivity index (χ2v) is 12.2. The molecule has 0 radical (unpaired) electrons. The van der Waals surface area contributed by atoms with Crippen molar-refractivity contribution in [2.75, 3.05) is 6.61 Å². The summed E-state index contributed by atoms with van der Waals surface area (Å²) >= 11 is 0. The standard InChI is InChI=1S/C26H38O3/c1-23(2)20-7-6-19-18(24(20,3)11-10-21(23)27)9-13-25(4)17(8-12-26(19,25)5)16-14-22(28)29-15-16/h6,16-18,20H,7-15H2,1-5H3/t16?,17?,18?,20?,24-,25+,26-/m1/s1. The van der Waals surface area contributed by atoms with Crippen LogP contribution in [0.15, 0.2) is 11.6 Å². The van der Waals surface area contributed by atoms with Crippen molar-refractivity contribution in [3.63, 3.8) is 0 Å². The average Bonchev–Trinajstić information content (AvgIpc) is 3.19. The van der Waals surface area contributed by atoms with Crippen molar-refractivity contribution in [1.29, 1.82) is 0 Å². The number of rotatable bonds is 1. The smallest absolute Gasteiger partial charge is 0.306 e. The SMILES string of the molecule is CC1(C)C(=O)CC[C@]2(C)C3CC[C@@]4(C)C(C5COC(=O)C5)CC[C@]4(C)C3=CCC12. The Hall–Kier alpha value is -1.12. The quantitative estimate of drug-likeness (QED) is 0.419. The van der Waals surface area contributed by atoms with Crippen molar-refractivity contribution in [2.45, 2.75) is 86.0 Å². The van der Waals surface area contributed by atoms with Crippen molar-refractivity contribution in [2.24, 2.45) is 45.3 Å². The van der Waals surface area contributed by atoms with E-state index in [4.69, 9.17) is 4.74 Å². The number of esters is 1. The second-order valence-electron chi connectivity index (χ2n) is 12.2. The summed E-state index contributed by atoms with van der Waals surface area (Å²) < 4.78 is 5.38. The van der Waals surface area contributed by atoms with Crippen LogP contribution < -0.4 is 0 Å². The van der Waals surface area contributed by atoms with Crippen LogP contribution in [0.4, 0.5) is 0 Å². The first kappa shape index (κ1) is 19.8. The highest BCUT2D eigenvalue weighted by atomic mass is 16.5. The van der Waals surface area contributed by atoms with E-state index in [9.17, 15) is 9.59 Å². The summed E-state index contributed by atoms with van der Waals surface area (Å²) in [6.07, 6.45) is 11.0. The van der Waals surface area contributed by atoms with Gasteiger partial charge in [0.2, 0.25) is 0 Å². The number of carbonyl (C=O) groups excluding carboxylic acids is 2. The molecule has 3 heteroatoms. The van der Waals surface area contributed by atoms with Crippen molar-refractivity contribution in [3.05, 3.63) is 11.6 Å². The Kier molecular flexibility index (Phi) is 4.09. The van der Waals surface area contributed by atoms with Crippen LogP contribution in [-0.4, -0.2) is 18.4 Å². The van der Waals surface area contributed by atoms with Gasteiger partial charge in [-0.1, -0.05) is 46.3 Å². The molecule has 0 amide bonds. The van der Waals surface area contributed by atoms with Gasteiger partial charge in [-0.05, 0) is 72.5 Å². The lowest BCUT2D eigenvalue weighted by Crippen LogP contribution is -2.57. The fraction of sp³-hybridized carbons (Fsp3) is 0.846. The van der Waals surface area contributed by atoms with Gasteiger partial charge in [0.1, 0.15) is 5.78 Å². The van der Waals surface area contributed by atoms with E-state index in [1.807, 2.05) is 0 Å². The van der Waals surface area contributed by atoms with Crippen molar-refractivity contribution in [3.8, 4) is 0 Å². The molecule has 5 aliphatic rings. The van der Waals surface area contributed by atoms with E-state index < -0.39 is 0 Å². The van der Waals surface area contributed by atoms with E-state index in [0.29, 0.717) is 42.5 Å². The number of hydrogen-bond acceptors (Lipinski definition) is 3. The molecule has 0 aromatic heterocycles. The number of fused-ring (bicyclic) bond motifs is 5. The lowest BCUT2D eigenvalue weighted by Gasteiger charge is -2.63. The Morgan fingerprint density at radius 1 is 1.00 bits per heavy atom. The minimum Gasteiger partial charge on any atom is -0.465 e. The van der Waals surface area contributed by atoms with Gasteiger partial charge in [-0.3, -0.25) is 9.59 Å². The summed E-state index contributed by atoms with van der Waals surface area (Å²) in [5, 5.41) is 0. The fourth-order valence-electron chi connectivity index (χ4n) is 9.10. The maximum atomic E-state index is 12.7. The van der Waals surface area contributed by atoms with Crippen molar-refractivity contribution < 1.29 is 14.3 Å². The van der Waals surface area contributed by atoms with Gasteiger partial charge in [0, 0.05) is 17.8 Å². The van der Waals surface area contributed by atoms with E-state index >= 15 is 0 Å². The summed E-state index contributed by atoms with van der Waals surface area (Å²) in [6.45, 7) is 12.6. The van der Waals surface area contributed by atoms with Gasteiger partial charge in [-0.15, -0.1) is 0 Å². The molecule has 3 nitrogen and oxygen atoms in total. The zero-order valence-electron chi connectivity index (χ0n) is 19.0. The molecule has 7 atom stereocenters. The van der Waals surface area contributed by atoms with E-state index in [1.165, 1.54) is 25.7 Å². The third kappa shape index (κ3) is 2.36. The molecule has 0 N–H and O–H groups in total. The van der Waals surface area contributed by atoms with Crippen LogP contribution in [0, 0.1) is 45.3 Å². The van der Waals surface area contributed by atoms with Gasteiger partial charge in [0.05, 0.1) is 13.0 Å². The van der Waals surface area contributed by atoms with Crippen LogP contribution in [0.5, 0.6) is 0 Å². The summed E-state index contributed by atoms with van der Waals surface area (Å²) in [5.74, 6) is 2.56.